The second-order valence-electron chi connectivity index (χ2n) is 6.79. The fraction of sp³-hybridized carbons (Fsp3) is 0.136. The number of aromatic nitrogens is 1. The fourth-order valence-corrected chi connectivity index (χ4v) is 3.90. The van der Waals surface area contributed by atoms with Crippen molar-refractivity contribution in [2.75, 3.05) is 5.32 Å². The van der Waals surface area contributed by atoms with Crippen LogP contribution < -0.4 is 10.7 Å². The zero-order valence-electron chi connectivity index (χ0n) is 15.8. The summed E-state index contributed by atoms with van der Waals surface area (Å²) in [4.78, 5) is 29.1. The predicted octanol–water partition coefficient (Wildman–Crippen LogP) is 5.10. The van der Waals surface area contributed by atoms with Gasteiger partial charge in [0, 0.05) is 23.5 Å². The molecule has 7 heteroatoms. The van der Waals surface area contributed by atoms with Crippen LogP contribution in [0.3, 0.4) is 0 Å². The maximum absolute atomic E-state index is 12.7. The number of carboxylic acids is 1. The number of nitrogens with zero attached hydrogens (tertiary/aromatic N) is 1. The van der Waals surface area contributed by atoms with Gasteiger partial charge in [0.25, 0.3) is 0 Å². The number of thiazole rings is 1. The topological polar surface area (TPSA) is 92.4 Å². The van der Waals surface area contributed by atoms with Gasteiger partial charge in [0.2, 0.25) is 0 Å². The highest BCUT2D eigenvalue weighted by atomic mass is 32.1. The van der Waals surface area contributed by atoms with Crippen molar-refractivity contribution in [2.24, 2.45) is 0 Å². The van der Waals surface area contributed by atoms with Gasteiger partial charge in [-0.15, -0.1) is 11.3 Å². The summed E-state index contributed by atoms with van der Waals surface area (Å²) in [5, 5.41) is 13.2. The number of aromatic carboxylic acids is 1. The van der Waals surface area contributed by atoms with E-state index in [1.54, 1.807) is 42.0 Å². The second kappa shape index (κ2) is 7.52. The number of hydrogen-bond acceptors (Lipinski definition) is 6. The van der Waals surface area contributed by atoms with E-state index < -0.39 is 5.97 Å². The molecule has 0 saturated heterocycles. The lowest BCUT2D eigenvalue weighted by Gasteiger charge is -2.19. The number of fused-ring (bicyclic) bond motifs is 1. The summed E-state index contributed by atoms with van der Waals surface area (Å²) >= 11 is 1.39. The first-order valence-corrected chi connectivity index (χ1v) is 9.88. The Morgan fingerprint density at radius 2 is 2.03 bits per heavy atom. The third kappa shape index (κ3) is 3.64. The van der Waals surface area contributed by atoms with Crippen LogP contribution in [0.15, 0.2) is 63.4 Å². The molecule has 0 spiro atoms. The number of carboxylic acid groups (broad SMARTS) is 1. The van der Waals surface area contributed by atoms with Crippen LogP contribution in [0.25, 0.3) is 21.6 Å². The molecule has 2 heterocycles. The largest absolute Gasteiger partial charge is 0.478 e. The Hall–Kier alpha value is -3.45. The third-order valence-electron chi connectivity index (χ3n) is 4.67. The van der Waals surface area contributed by atoms with E-state index in [2.05, 4.69) is 10.3 Å². The monoisotopic (exact) mass is 406 g/mol. The molecule has 4 rings (SSSR count). The number of benzene rings is 2. The third-order valence-corrected chi connectivity index (χ3v) is 5.46. The Balaban J connectivity index is 1.84. The van der Waals surface area contributed by atoms with Crippen molar-refractivity contribution in [3.63, 3.8) is 0 Å². The molecule has 0 radical (unpaired) electrons. The van der Waals surface area contributed by atoms with Crippen molar-refractivity contribution < 1.29 is 14.3 Å². The van der Waals surface area contributed by atoms with E-state index >= 15 is 0 Å². The molecule has 29 heavy (non-hydrogen) atoms. The average molecular weight is 406 g/mol. The highest BCUT2D eigenvalue weighted by Crippen LogP contribution is 2.32. The van der Waals surface area contributed by atoms with E-state index in [1.807, 2.05) is 19.9 Å². The second-order valence-corrected chi connectivity index (χ2v) is 7.67. The van der Waals surface area contributed by atoms with Crippen LogP contribution in [0.5, 0.6) is 0 Å². The highest BCUT2D eigenvalue weighted by molar-refractivity contribution is 7.13. The van der Waals surface area contributed by atoms with E-state index in [9.17, 15) is 14.7 Å². The summed E-state index contributed by atoms with van der Waals surface area (Å²) in [5.41, 5.74) is 4.43. The van der Waals surface area contributed by atoms with Gasteiger partial charge in [-0.05, 0) is 37.6 Å². The number of nitrogens with one attached hydrogen (secondary N) is 1. The van der Waals surface area contributed by atoms with E-state index in [4.69, 9.17) is 4.42 Å². The highest BCUT2D eigenvalue weighted by Gasteiger charge is 2.18. The lowest BCUT2D eigenvalue weighted by Crippen LogP contribution is -2.12. The molecule has 146 valence electrons. The summed E-state index contributed by atoms with van der Waals surface area (Å²) < 4.78 is 6.12. The lowest BCUT2D eigenvalue weighted by atomic mass is 10.0. The van der Waals surface area contributed by atoms with Crippen LogP contribution in [0.4, 0.5) is 5.69 Å². The van der Waals surface area contributed by atoms with E-state index in [-0.39, 0.29) is 17.0 Å². The van der Waals surface area contributed by atoms with E-state index in [0.717, 1.165) is 16.0 Å². The number of hydrogen-bond donors (Lipinski definition) is 2. The number of rotatable bonds is 5. The Bertz CT molecular complexity index is 1260. The molecule has 0 saturated carbocycles. The molecule has 4 aromatic rings. The summed E-state index contributed by atoms with van der Waals surface area (Å²) in [7, 11) is 0. The number of anilines is 1. The van der Waals surface area contributed by atoms with Crippen molar-refractivity contribution in [2.45, 2.75) is 19.9 Å². The van der Waals surface area contributed by atoms with Crippen molar-refractivity contribution in [3.05, 3.63) is 81.1 Å². The van der Waals surface area contributed by atoms with Crippen LogP contribution in [0.1, 0.15) is 34.5 Å². The van der Waals surface area contributed by atoms with Gasteiger partial charge in [-0.3, -0.25) is 9.78 Å². The summed E-state index contributed by atoms with van der Waals surface area (Å²) in [5.74, 6) is -0.540. The molecule has 2 aromatic carbocycles. The van der Waals surface area contributed by atoms with Crippen LogP contribution in [0, 0.1) is 6.92 Å². The maximum Gasteiger partial charge on any atom is 0.337 e. The first kappa shape index (κ1) is 18.9. The number of para-hydroxylation sites is 1. The summed E-state index contributed by atoms with van der Waals surface area (Å²) in [6.45, 7) is 3.82. The van der Waals surface area contributed by atoms with Gasteiger partial charge in [-0.25, -0.2) is 4.79 Å². The van der Waals surface area contributed by atoms with Gasteiger partial charge >= 0.3 is 5.97 Å². The molecule has 0 aliphatic carbocycles. The molecule has 1 unspecified atom stereocenters. The van der Waals surface area contributed by atoms with Crippen LogP contribution in [0.2, 0.25) is 0 Å². The Morgan fingerprint density at radius 3 is 2.76 bits per heavy atom. The van der Waals surface area contributed by atoms with Gasteiger partial charge in [0.05, 0.1) is 27.4 Å². The first-order valence-electron chi connectivity index (χ1n) is 9.00. The average Bonchev–Trinajstić information content (AvgIpc) is 3.23. The smallest absolute Gasteiger partial charge is 0.337 e. The summed E-state index contributed by atoms with van der Waals surface area (Å²) in [6, 6.07) is 11.7. The van der Waals surface area contributed by atoms with E-state index in [1.165, 1.54) is 17.4 Å². The molecular weight excluding hydrogens is 388 g/mol. The maximum atomic E-state index is 12.7. The SMILES string of the molecule is Cc1cc(C(C)Nc2ccccc2C(=O)O)c2oc(-c3cncs3)cc(=O)c2c1. The fourth-order valence-electron chi connectivity index (χ4n) is 3.32. The molecule has 0 bridgehead atoms. The minimum atomic E-state index is -1.01. The zero-order chi connectivity index (χ0) is 20.5. The van der Waals surface area contributed by atoms with Crippen molar-refractivity contribution in [1.29, 1.82) is 0 Å². The van der Waals surface area contributed by atoms with Gasteiger partial charge < -0.3 is 14.8 Å². The quantitative estimate of drug-likeness (QED) is 0.479. The van der Waals surface area contributed by atoms with Crippen LogP contribution in [-0.2, 0) is 0 Å². The van der Waals surface area contributed by atoms with Crippen molar-refractivity contribution >= 4 is 34.0 Å². The number of aryl methyl sites for hydroxylation is 1. The van der Waals surface area contributed by atoms with Crippen molar-refractivity contribution in [1.82, 2.24) is 4.98 Å². The Morgan fingerprint density at radius 1 is 1.24 bits per heavy atom. The van der Waals surface area contributed by atoms with Crippen LogP contribution >= 0.6 is 11.3 Å². The standard InChI is InChI=1S/C22H18N2O4S/c1-12-7-15(13(2)24-17-6-4-3-5-14(17)22(26)27)21-16(8-12)18(25)9-19(28-21)20-10-23-11-29-20/h3-11,13,24H,1-2H3,(H,26,27). The summed E-state index contributed by atoms with van der Waals surface area (Å²) in [6.07, 6.45) is 1.66. The zero-order valence-corrected chi connectivity index (χ0v) is 16.6. The molecule has 0 aliphatic heterocycles. The minimum absolute atomic E-state index is 0.127. The van der Waals surface area contributed by atoms with Gasteiger partial charge in [0.1, 0.15) is 11.3 Å². The van der Waals surface area contributed by atoms with Crippen LogP contribution in [-0.4, -0.2) is 16.1 Å². The van der Waals surface area contributed by atoms with Gasteiger partial charge in [-0.1, -0.05) is 18.2 Å². The number of carbonyl (C=O) groups is 1. The molecule has 0 fully saturated rings. The van der Waals surface area contributed by atoms with Gasteiger partial charge in [0.15, 0.2) is 5.43 Å². The minimum Gasteiger partial charge on any atom is -0.478 e. The molecule has 2 N–H and O–H groups in total. The Labute approximate surface area is 170 Å². The molecular formula is C22H18N2O4S. The molecule has 6 nitrogen and oxygen atoms in total. The molecule has 0 amide bonds. The predicted molar refractivity (Wildman–Crippen MR) is 114 cm³/mol. The van der Waals surface area contributed by atoms with Gasteiger partial charge in [-0.2, -0.15) is 0 Å². The first-order chi connectivity index (χ1) is 13.9. The molecule has 1 atom stereocenters. The normalized spacial score (nSPS) is 12.1. The Kier molecular flexibility index (Phi) is 4.90. The lowest BCUT2D eigenvalue weighted by molar-refractivity contribution is 0.0698. The van der Waals surface area contributed by atoms with Crippen molar-refractivity contribution in [3.8, 4) is 10.6 Å². The molecule has 2 aromatic heterocycles. The molecule has 0 aliphatic rings. The van der Waals surface area contributed by atoms with E-state index in [0.29, 0.717) is 22.4 Å².